The maximum Gasteiger partial charge on any atom is 0.233 e. The summed E-state index contributed by atoms with van der Waals surface area (Å²) < 4.78 is 4.24. The van der Waals surface area contributed by atoms with Crippen LogP contribution >= 0.6 is 12.0 Å². The molecule has 0 aliphatic heterocycles. The van der Waals surface area contributed by atoms with E-state index in [4.69, 9.17) is 5.26 Å². The van der Waals surface area contributed by atoms with Gasteiger partial charge >= 0.3 is 0 Å². The van der Waals surface area contributed by atoms with Crippen LogP contribution in [0.3, 0.4) is 0 Å². The fourth-order valence-electron chi connectivity index (χ4n) is 4.47. The maximum absolute atomic E-state index is 10.6. The van der Waals surface area contributed by atoms with Crippen LogP contribution in [0.15, 0.2) is 29.2 Å². The minimum absolute atomic E-state index is 0.149. The number of phenols is 1. The fraction of sp³-hybridized carbons (Fsp3) is 0.536. The summed E-state index contributed by atoms with van der Waals surface area (Å²) >= 11 is 0.792. The third-order valence-electron chi connectivity index (χ3n) is 6.99. The predicted octanol–water partition coefficient (Wildman–Crippen LogP) is 5.57. The SMILES string of the molecule is CCN(CC)CCCNc1nc(NCCCN(CC)CC)nc(Nc2ccc3c(O)c(C)c(SOO)cc3c2)n1. The third kappa shape index (κ3) is 9.07. The normalized spacial score (nSPS) is 11.5. The molecule has 0 spiro atoms. The molecule has 40 heavy (non-hydrogen) atoms. The second kappa shape index (κ2) is 16.4. The van der Waals surface area contributed by atoms with Crippen LogP contribution in [0.5, 0.6) is 5.75 Å². The number of nitrogens with zero attached hydrogens (tertiary/aromatic N) is 5. The average Bonchev–Trinajstić information content (AvgIpc) is 2.96. The van der Waals surface area contributed by atoms with Crippen molar-refractivity contribution in [2.75, 3.05) is 68.3 Å². The number of phenolic OH excluding ortho intramolecular Hbond substituents is 1. The number of fused-ring (bicyclic) bond motifs is 1. The van der Waals surface area contributed by atoms with E-state index in [0.717, 1.165) is 88.3 Å². The van der Waals surface area contributed by atoms with E-state index in [2.05, 4.69) is 72.7 Å². The molecule has 0 amide bonds. The lowest BCUT2D eigenvalue weighted by Gasteiger charge is -2.18. The zero-order valence-electron chi connectivity index (χ0n) is 24.3. The van der Waals surface area contributed by atoms with Crippen molar-refractivity contribution in [3.05, 3.63) is 29.8 Å². The van der Waals surface area contributed by atoms with Crippen LogP contribution in [0.2, 0.25) is 0 Å². The average molecular weight is 573 g/mol. The summed E-state index contributed by atoms with van der Waals surface area (Å²) in [7, 11) is 0. The number of hydrogen-bond donors (Lipinski definition) is 5. The van der Waals surface area contributed by atoms with Crippen molar-refractivity contribution in [3.63, 3.8) is 0 Å². The van der Waals surface area contributed by atoms with Crippen molar-refractivity contribution in [1.82, 2.24) is 24.8 Å². The molecule has 5 N–H and O–H groups in total. The van der Waals surface area contributed by atoms with Gasteiger partial charge in [-0.2, -0.15) is 19.3 Å². The second-order valence-corrected chi connectivity index (χ2v) is 10.2. The molecule has 1 heterocycles. The Labute approximate surface area is 241 Å². The Kier molecular flexibility index (Phi) is 13.0. The number of benzene rings is 2. The molecule has 0 saturated heterocycles. The lowest BCUT2D eigenvalue weighted by molar-refractivity contribution is -0.116. The van der Waals surface area contributed by atoms with Gasteiger partial charge in [0, 0.05) is 34.6 Å². The Bertz CT molecular complexity index is 1170. The van der Waals surface area contributed by atoms with E-state index in [1.807, 2.05) is 24.3 Å². The highest BCUT2D eigenvalue weighted by Crippen LogP contribution is 2.37. The maximum atomic E-state index is 10.6. The Morgan fingerprint density at radius 3 is 1.90 bits per heavy atom. The van der Waals surface area contributed by atoms with Crippen LogP contribution in [-0.2, 0) is 4.33 Å². The quantitative estimate of drug-likeness (QED) is 0.0565. The van der Waals surface area contributed by atoms with Crippen molar-refractivity contribution < 1.29 is 14.7 Å². The molecule has 2 aromatic carbocycles. The van der Waals surface area contributed by atoms with E-state index in [0.29, 0.717) is 33.7 Å². The smallest absolute Gasteiger partial charge is 0.233 e. The van der Waals surface area contributed by atoms with E-state index in [-0.39, 0.29) is 5.75 Å². The summed E-state index contributed by atoms with van der Waals surface area (Å²) in [6.45, 7) is 18.2. The van der Waals surface area contributed by atoms with Gasteiger partial charge in [0.25, 0.3) is 0 Å². The largest absolute Gasteiger partial charge is 0.507 e. The van der Waals surface area contributed by atoms with Gasteiger partial charge in [0.1, 0.15) is 5.75 Å². The van der Waals surface area contributed by atoms with Crippen LogP contribution in [0.4, 0.5) is 23.5 Å². The molecule has 12 heteroatoms. The molecule has 0 fully saturated rings. The van der Waals surface area contributed by atoms with Crippen molar-refractivity contribution in [1.29, 1.82) is 0 Å². The molecule has 3 rings (SSSR count). The molecule has 0 saturated carbocycles. The predicted molar refractivity (Wildman–Crippen MR) is 165 cm³/mol. The molecule has 0 unspecified atom stereocenters. The monoisotopic (exact) mass is 572 g/mol. The Balaban J connectivity index is 1.78. The first kappa shape index (κ1) is 31.6. The van der Waals surface area contributed by atoms with Crippen molar-refractivity contribution in [2.45, 2.75) is 52.4 Å². The minimum Gasteiger partial charge on any atom is -0.507 e. The van der Waals surface area contributed by atoms with Crippen LogP contribution in [0.1, 0.15) is 46.1 Å². The number of hydrogen-bond acceptors (Lipinski definition) is 12. The summed E-state index contributed by atoms with van der Waals surface area (Å²) in [6, 6.07) is 7.47. The van der Waals surface area contributed by atoms with Crippen LogP contribution in [0, 0.1) is 6.92 Å². The summed E-state index contributed by atoms with van der Waals surface area (Å²) in [5, 5.41) is 31.0. The summed E-state index contributed by atoms with van der Waals surface area (Å²) in [4.78, 5) is 19.2. The summed E-state index contributed by atoms with van der Waals surface area (Å²) in [5.41, 5.74) is 1.39. The molecule has 1 aromatic heterocycles. The van der Waals surface area contributed by atoms with Gasteiger partial charge in [0.2, 0.25) is 17.8 Å². The molecular weight excluding hydrogens is 528 g/mol. The Morgan fingerprint density at radius 1 is 0.825 bits per heavy atom. The van der Waals surface area contributed by atoms with E-state index >= 15 is 0 Å². The molecule has 0 aliphatic carbocycles. The molecule has 3 aromatic rings. The minimum atomic E-state index is 0.149. The van der Waals surface area contributed by atoms with E-state index in [9.17, 15) is 5.11 Å². The number of aromatic hydroxyl groups is 1. The fourth-order valence-corrected chi connectivity index (χ4v) is 4.95. The van der Waals surface area contributed by atoms with Gasteiger partial charge in [-0.05, 0) is 88.7 Å². The van der Waals surface area contributed by atoms with Crippen LogP contribution < -0.4 is 16.0 Å². The first-order chi connectivity index (χ1) is 19.4. The zero-order valence-corrected chi connectivity index (χ0v) is 25.1. The molecule has 0 atom stereocenters. The highest BCUT2D eigenvalue weighted by molar-refractivity contribution is 7.94. The van der Waals surface area contributed by atoms with Gasteiger partial charge in [-0.25, -0.2) is 5.26 Å². The van der Waals surface area contributed by atoms with Gasteiger partial charge in [-0.15, -0.1) is 0 Å². The molecular formula is C28H44N8O3S. The second-order valence-electron chi connectivity index (χ2n) is 9.49. The first-order valence-electron chi connectivity index (χ1n) is 14.1. The van der Waals surface area contributed by atoms with Gasteiger partial charge in [0.15, 0.2) is 0 Å². The molecule has 0 bridgehead atoms. The van der Waals surface area contributed by atoms with Crippen molar-refractivity contribution in [3.8, 4) is 5.75 Å². The van der Waals surface area contributed by atoms with Crippen molar-refractivity contribution >= 4 is 46.3 Å². The van der Waals surface area contributed by atoms with Crippen LogP contribution in [-0.4, -0.2) is 87.5 Å². The van der Waals surface area contributed by atoms with E-state index in [1.165, 1.54) is 0 Å². The standard InChI is InChI=1S/C28H44N8O3S/c1-6-35(7-2)16-10-14-29-26-32-27(30-15-11-17-36(8-3)9-4)34-28(33-26)31-22-12-13-23-21(18-22)19-24(40-39-38)20(5)25(23)37/h12-13,18-19,37-38H,6-11,14-17H2,1-5H3,(H3,29,30,31,32,33,34). The van der Waals surface area contributed by atoms with Gasteiger partial charge in [-0.1, -0.05) is 27.7 Å². The Hall–Kier alpha value is -2.90. The summed E-state index contributed by atoms with van der Waals surface area (Å²) in [5.74, 6) is 1.58. The van der Waals surface area contributed by atoms with Gasteiger partial charge in [0.05, 0.1) is 12.0 Å². The van der Waals surface area contributed by atoms with E-state index in [1.54, 1.807) is 6.92 Å². The lowest BCUT2D eigenvalue weighted by atomic mass is 10.1. The van der Waals surface area contributed by atoms with Gasteiger partial charge in [-0.3, -0.25) is 0 Å². The van der Waals surface area contributed by atoms with E-state index < -0.39 is 0 Å². The highest BCUT2D eigenvalue weighted by atomic mass is 32.2. The molecule has 11 nitrogen and oxygen atoms in total. The topological polar surface area (TPSA) is 131 Å². The Morgan fingerprint density at radius 2 is 1.38 bits per heavy atom. The van der Waals surface area contributed by atoms with Crippen LogP contribution in [0.25, 0.3) is 10.8 Å². The van der Waals surface area contributed by atoms with Crippen molar-refractivity contribution in [2.24, 2.45) is 0 Å². The first-order valence-corrected chi connectivity index (χ1v) is 14.9. The summed E-state index contributed by atoms with van der Waals surface area (Å²) in [6.07, 6.45) is 1.96. The zero-order chi connectivity index (χ0) is 28.9. The number of aromatic nitrogens is 3. The molecule has 0 radical (unpaired) electrons. The highest BCUT2D eigenvalue weighted by Gasteiger charge is 2.13. The number of anilines is 4. The molecule has 220 valence electrons. The third-order valence-corrected chi connectivity index (χ3v) is 7.67. The number of rotatable bonds is 18. The number of nitrogens with one attached hydrogen (secondary N) is 3. The molecule has 0 aliphatic rings. The lowest BCUT2D eigenvalue weighted by Crippen LogP contribution is -2.26. The van der Waals surface area contributed by atoms with Gasteiger partial charge < -0.3 is 30.9 Å².